The predicted molar refractivity (Wildman–Crippen MR) is 73.1 cm³/mol. The standard InChI is InChI=1S/C14H29N3/c1-16-8-5-9-17(2)14(11-16)13(15)10-12-6-3-4-7-12/h12-14H,3-11,15H2,1-2H3. The average molecular weight is 239 g/mol. The molecule has 1 saturated carbocycles. The highest BCUT2D eigenvalue weighted by Gasteiger charge is 2.28. The molecule has 0 aromatic rings. The molecule has 2 N–H and O–H groups in total. The van der Waals surface area contributed by atoms with Gasteiger partial charge in [-0.05, 0) is 45.9 Å². The van der Waals surface area contributed by atoms with Crippen LogP contribution in [0.4, 0.5) is 0 Å². The summed E-state index contributed by atoms with van der Waals surface area (Å²) in [6.45, 7) is 3.56. The summed E-state index contributed by atoms with van der Waals surface area (Å²) in [6.07, 6.45) is 8.21. The number of hydrogen-bond acceptors (Lipinski definition) is 3. The summed E-state index contributed by atoms with van der Waals surface area (Å²) in [4.78, 5) is 4.94. The topological polar surface area (TPSA) is 32.5 Å². The van der Waals surface area contributed by atoms with E-state index in [1.165, 1.54) is 51.6 Å². The van der Waals surface area contributed by atoms with E-state index in [-0.39, 0.29) is 0 Å². The van der Waals surface area contributed by atoms with Gasteiger partial charge in [0.05, 0.1) is 0 Å². The molecule has 2 rings (SSSR count). The van der Waals surface area contributed by atoms with Crippen molar-refractivity contribution in [2.75, 3.05) is 33.7 Å². The van der Waals surface area contributed by atoms with Crippen LogP contribution in [-0.4, -0.2) is 55.6 Å². The minimum absolute atomic E-state index is 0.364. The Labute approximate surface area is 106 Å². The van der Waals surface area contributed by atoms with Crippen molar-refractivity contribution < 1.29 is 0 Å². The molecule has 1 saturated heterocycles. The molecule has 100 valence electrons. The van der Waals surface area contributed by atoms with Gasteiger partial charge in [0.15, 0.2) is 0 Å². The lowest BCUT2D eigenvalue weighted by molar-refractivity contribution is 0.181. The molecule has 1 aliphatic heterocycles. The Hall–Kier alpha value is -0.120. The molecule has 2 aliphatic rings. The monoisotopic (exact) mass is 239 g/mol. The van der Waals surface area contributed by atoms with Gasteiger partial charge in [-0.15, -0.1) is 0 Å². The first-order chi connectivity index (χ1) is 8.16. The van der Waals surface area contributed by atoms with Crippen molar-refractivity contribution in [3.63, 3.8) is 0 Å². The Balaban J connectivity index is 1.88. The number of likely N-dealkylation sites (N-methyl/N-ethyl adjacent to an activating group) is 2. The predicted octanol–water partition coefficient (Wildman–Crippen LogP) is 1.53. The third kappa shape index (κ3) is 3.67. The van der Waals surface area contributed by atoms with Crippen molar-refractivity contribution in [1.82, 2.24) is 9.80 Å². The lowest BCUT2D eigenvalue weighted by atomic mass is 9.93. The molecule has 0 spiro atoms. The minimum Gasteiger partial charge on any atom is -0.326 e. The van der Waals surface area contributed by atoms with E-state index < -0.39 is 0 Å². The Bertz CT molecular complexity index is 226. The highest BCUT2D eigenvalue weighted by Crippen LogP contribution is 2.29. The normalized spacial score (nSPS) is 31.6. The van der Waals surface area contributed by atoms with Crippen LogP contribution in [0.25, 0.3) is 0 Å². The van der Waals surface area contributed by atoms with Crippen molar-refractivity contribution in [3.8, 4) is 0 Å². The summed E-state index contributed by atoms with van der Waals surface area (Å²) in [5.74, 6) is 0.909. The van der Waals surface area contributed by atoms with Gasteiger partial charge in [-0.1, -0.05) is 25.7 Å². The summed E-state index contributed by atoms with van der Waals surface area (Å²) >= 11 is 0. The molecule has 3 heteroatoms. The van der Waals surface area contributed by atoms with Crippen LogP contribution in [0.1, 0.15) is 38.5 Å². The molecule has 0 aromatic heterocycles. The van der Waals surface area contributed by atoms with Crippen LogP contribution in [0.5, 0.6) is 0 Å². The maximum atomic E-state index is 6.48. The van der Waals surface area contributed by atoms with Crippen LogP contribution >= 0.6 is 0 Å². The second-order valence-corrected chi connectivity index (χ2v) is 6.21. The number of nitrogens with zero attached hydrogens (tertiary/aromatic N) is 2. The van der Waals surface area contributed by atoms with Gasteiger partial charge in [-0.2, -0.15) is 0 Å². The average Bonchev–Trinajstić information content (AvgIpc) is 2.72. The Kier molecular flexibility index (Phi) is 4.83. The SMILES string of the molecule is CN1CCCN(C)C(C(N)CC2CCCC2)C1. The molecule has 2 unspecified atom stereocenters. The van der Waals surface area contributed by atoms with E-state index in [1.807, 2.05) is 0 Å². The maximum absolute atomic E-state index is 6.48. The van der Waals surface area contributed by atoms with Gasteiger partial charge in [0, 0.05) is 18.6 Å². The second-order valence-electron chi connectivity index (χ2n) is 6.21. The van der Waals surface area contributed by atoms with Gasteiger partial charge in [0.2, 0.25) is 0 Å². The fourth-order valence-corrected chi connectivity index (χ4v) is 3.56. The molecular weight excluding hydrogens is 210 g/mol. The third-order valence-corrected chi connectivity index (χ3v) is 4.69. The summed E-state index contributed by atoms with van der Waals surface area (Å²) in [5.41, 5.74) is 6.48. The van der Waals surface area contributed by atoms with Gasteiger partial charge in [0.25, 0.3) is 0 Å². The summed E-state index contributed by atoms with van der Waals surface area (Å²) in [7, 11) is 4.48. The van der Waals surface area contributed by atoms with Gasteiger partial charge in [-0.25, -0.2) is 0 Å². The molecule has 3 nitrogen and oxygen atoms in total. The fourth-order valence-electron chi connectivity index (χ4n) is 3.56. The summed E-state index contributed by atoms with van der Waals surface area (Å²) in [5, 5.41) is 0. The van der Waals surface area contributed by atoms with Gasteiger partial charge >= 0.3 is 0 Å². The van der Waals surface area contributed by atoms with Gasteiger partial charge in [0.1, 0.15) is 0 Å². The first kappa shape index (κ1) is 13.3. The zero-order valence-electron chi connectivity index (χ0n) is 11.6. The molecule has 0 amide bonds. The first-order valence-electron chi connectivity index (χ1n) is 7.31. The van der Waals surface area contributed by atoms with Crippen LogP contribution in [0.15, 0.2) is 0 Å². The van der Waals surface area contributed by atoms with E-state index in [0.717, 1.165) is 12.5 Å². The Morgan fingerprint density at radius 3 is 2.53 bits per heavy atom. The lowest BCUT2D eigenvalue weighted by Gasteiger charge is -2.33. The van der Waals surface area contributed by atoms with E-state index in [0.29, 0.717) is 12.1 Å². The summed E-state index contributed by atoms with van der Waals surface area (Å²) < 4.78 is 0. The van der Waals surface area contributed by atoms with Crippen molar-refractivity contribution in [2.45, 2.75) is 50.6 Å². The lowest BCUT2D eigenvalue weighted by Crippen LogP contribution is -2.50. The van der Waals surface area contributed by atoms with Crippen molar-refractivity contribution in [3.05, 3.63) is 0 Å². The molecule has 0 aromatic carbocycles. The fraction of sp³-hybridized carbons (Fsp3) is 1.00. The zero-order chi connectivity index (χ0) is 12.3. The largest absolute Gasteiger partial charge is 0.326 e. The summed E-state index contributed by atoms with van der Waals surface area (Å²) in [6, 6.07) is 0.923. The van der Waals surface area contributed by atoms with Crippen LogP contribution in [0, 0.1) is 5.92 Å². The van der Waals surface area contributed by atoms with E-state index in [1.54, 1.807) is 0 Å². The quantitative estimate of drug-likeness (QED) is 0.811. The highest BCUT2D eigenvalue weighted by atomic mass is 15.2. The molecule has 2 atom stereocenters. The smallest absolute Gasteiger partial charge is 0.0371 e. The van der Waals surface area contributed by atoms with Crippen molar-refractivity contribution >= 4 is 0 Å². The third-order valence-electron chi connectivity index (χ3n) is 4.69. The minimum atomic E-state index is 0.364. The van der Waals surface area contributed by atoms with Crippen molar-refractivity contribution in [2.24, 2.45) is 11.7 Å². The first-order valence-corrected chi connectivity index (χ1v) is 7.31. The molecular formula is C14H29N3. The van der Waals surface area contributed by atoms with E-state index in [2.05, 4.69) is 23.9 Å². The number of hydrogen-bond donors (Lipinski definition) is 1. The Morgan fingerprint density at radius 2 is 1.82 bits per heavy atom. The van der Waals surface area contributed by atoms with Crippen molar-refractivity contribution in [1.29, 1.82) is 0 Å². The zero-order valence-corrected chi connectivity index (χ0v) is 11.6. The van der Waals surface area contributed by atoms with Crippen LogP contribution in [0.3, 0.4) is 0 Å². The van der Waals surface area contributed by atoms with Crippen LogP contribution < -0.4 is 5.73 Å². The molecule has 0 radical (unpaired) electrons. The molecule has 2 fully saturated rings. The van der Waals surface area contributed by atoms with Crippen LogP contribution in [0.2, 0.25) is 0 Å². The van der Waals surface area contributed by atoms with Crippen LogP contribution in [-0.2, 0) is 0 Å². The van der Waals surface area contributed by atoms with E-state index in [9.17, 15) is 0 Å². The molecule has 0 bridgehead atoms. The van der Waals surface area contributed by atoms with E-state index in [4.69, 9.17) is 5.73 Å². The number of rotatable bonds is 3. The maximum Gasteiger partial charge on any atom is 0.0371 e. The van der Waals surface area contributed by atoms with E-state index >= 15 is 0 Å². The molecule has 1 aliphatic carbocycles. The Morgan fingerprint density at radius 1 is 1.12 bits per heavy atom. The van der Waals surface area contributed by atoms with Gasteiger partial charge in [-0.3, -0.25) is 0 Å². The van der Waals surface area contributed by atoms with Gasteiger partial charge < -0.3 is 15.5 Å². The highest BCUT2D eigenvalue weighted by molar-refractivity contribution is 4.87. The molecule has 1 heterocycles. The number of nitrogens with two attached hydrogens (primary N) is 1. The second kappa shape index (κ2) is 6.17. The molecule has 17 heavy (non-hydrogen) atoms.